The Morgan fingerprint density at radius 1 is 1.00 bits per heavy atom. The number of rotatable bonds is 4. The summed E-state index contributed by atoms with van der Waals surface area (Å²) in [6.45, 7) is 0.327. The van der Waals surface area contributed by atoms with Crippen LogP contribution in [0.4, 0.5) is 5.69 Å². The number of halogens is 1. The minimum Gasteiger partial charge on any atom is -0.325 e. The van der Waals surface area contributed by atoms with Crippen molar-refractivity contribution < 1.29 is 13.2 Å². The van der Waals surface area contributed by atoms with Crippen LogP contribution in [0.3, 0.4) is 0 Å². The maximum absolute atomic E-state index is 13.2. The molecule has 1 fully saturated rings. The van der Waals surface area contributed by atoms with Crippen LogP contribution in [0.15, 0.2) is 71.6 Å². The summed E-state index contributed by atoms with van der Waals surface area (Å²) in [4.78, 5) is 13.0. The lowest BCUT2D eigenvalue weighted by molar-refractivity contribution is -0.119. The van der Waals surface area contributed by atoms with Crippen LogP contribution in [0.1, 0.15) is 12.8 Å². The molecule has 0 saturated carbocycles. The smallest absolute Gasteiger partial charge is 0.243 e. The van der Waals surface area contributed by atoms with E-state index in [1.165, 1.54) is 4.31 Å². The maximum Gasteiger partial charge on any atom is 0.243 e. The second kappa shape index (κ2) is 7.54. The zero-order valence-electron chi connectivity index (χ0n) is 15.0. The lowest BCUT2D eigenvalue weighted by Crippen LogP contribution is -2.43. The van der Waals surface area contributed by atoms with Crippen LogP contribution < -0.4 is 5.32 Å². The number of fused-ring (bicyclic) bond motifs is 1. The summed E-state index contributed by atoms with van der Waals surface area (Å²) in [6, 6.07) is 18.7. The molecule has 1 amide bonds. The van der Waals surface area contributed by atoms with Crippen LogP contribution >= 0.6 is 11.6 Å². The van der Waals surface area contributed by atoms with Crippen LogP contribution in [0, 0.1) is 0 Å². The number of anilines is 1. The monoisotopic (exact) mass is 414 g/mol. The minimum atomic E-state index is -3.77. The van der Waals surface area contributed by atoms with Crippen molar-refractivity contribution in [2.45, 2.75) is 23.8 Å². The Hall–Kier alpha value is -2.41. The van der Waals surface area contributed by atoms with Crippen molar-refractivity contribution in [2.75, 3.05) is 11.9 Å². The Kier molecular flexibility index (Phi) is 5.10. The highest BCUT2D eigenvalue weighted by Gasteiger charge is 2.39. The number of amides is 1. The Morgan fingerprint density at radius 2 is 1.71 bits per heavy atom. The zero-order chi connectivity index (χ0) is 19.7. The minimum absolute atomic E-state index is 0.206. The summed E-state index contributed by atoms with van der Waals surface area (Å²) in [5.74, 6) is -0.329. The Labute approximate surface area is 169 Å². The van der Waals surface area contributed by atoms with E-state index in [2.05, 4.69) is 5.32 Å². The fraction of sp³-hybridized carbons (Fsp3) is 0.190. The van der Waals surface area contributed by atoms with Gasteiger partial charge in [0.2, 0.25) is 15.9 Å². The van der Waals surface area contributed by atoms with E-state index in [0.29, 0.717) is 30.1 Å². The van der Waals surface area contributed by atoms with Gasteiger partial charge < -0.3 is 5.32 Å². The zero-order valence-corrected chi connectivity index (χ0v) is 16.6. The molecule has 4 rings (SSSR count). The third kappa shape index (κ3) is 3.63. The number of hydrogen-bond donors (Lipinski definition) is 1. The molecule has 28 heavy (non-hydrogen) atoms. The molecular weight excluding hydrogens is 396 g/mol. The number of carbonyl (C=O) groups is 1. The quantitative estimate of drug-likeness (QED) is 0.692. The molecule has 0 aromatic heterocycles. The fourth-order valence-electron chi connectivity index (χ4n) is 3.51. The van der Waals surface area contributed by atoms with E-state index in [-0.39, 0.29) is 10.8 Å². The largest absolute Gasteiger partial charge is 0.325 e. The van der Waals surface area contributed by atoms with Crippen LogP contribution in [0.5, 0.6) is 0 Å². The van der Waals surface area contributed by atoms with Crippen molar-refractivity contribution in [3.05, 3.63) is 71.8 Å². The number of nitrogens with one attached hydrogen (secondary N) is 1. The highest BCUT2D eigenvalue weighted by molar-refractivity contribution is 7.89. The summed E-state index contributed by atoms with van der Waals surface area (Å²) in [7, 11) is -3.77. The van der Waals surface area contributed by atoms with E-state index < -0.39 is 16.1 Å². The second-order valence-corrected chi connectivity index (χ2v) is 9.11. The molecular formula is C21H19ClN2O3S. The predicted octanol–water partition coefficient (Wildman–Crippen LogP) is 4.29. The summed E-state index contributed by atoms with van der Waals surface area (Å²) >= 11 is 5.87. The third-order valence-electron chi connectivity index (χ3n) is 4.95. The first-order valence-electron chi connectivity index (χ1n) is 9.02. The van der Waals surface area contributed by atoms with Gasteiger partial charge in [-0.15, -0.1) is 0 Å². The summed E-state index contributed by atoms with van der Waals surface area (Å²) in [5.41, 5.74) is 0.587. The number of hydrogen-bond acceptors (Lipinski definition) is 3. The first-order valence-corrected chi connectivity index (χ1v) is 10.8. The average molecular weight is 415 g/mol. The van der Waals surface area contributed by atoms with E-state index in [9.17, 15) is 13.2 Å². The molecule has 5 nitrogen and oxygen atoms in total. The molecule has 1 aliphatic heterocycles. The van der Waals surface area contributed by atoms with Gasteiger partial charge >= 0.3 is 0 Å². The van der Waals surface area contributed by atoms with Gasteiger partial charge in [-0.3, -0.25) is 4.79 Å². The molecule has 0 aliphatic carbocycles. The second-order valence-electron chi connectivity index (χ2n) is 6.78. The van der Waals surface area contributed by atoms with E-state index >= 15 is 0 Å². The molecule has 1 atom stereocenters. The van der Waals surface area contributed by atoms with Crippen molar-refractivity contribution in [2.24, 2.45) is 0 Å². The molecule has 144 valence electrons. The van der Waals surface area contributed by atoms with E-state index in [1.807, 2.05) is 24.3 Å². The third-order valence-corrected chi connectivity index (χ3v) is 7.10. The van der Waals surface area contributed by atoms with Gasteiger partial charge in [-0.05, 0) is 60.0 Å². The fourth-order valence-corrected chi connectivity index (χ4v) is 5.33. The van der Waals surface area contributed by atoms with Crippen molar-refractivity contribution in [3.63, 3.8) is 0 Å². The average Bonchev–Trinajstić information content (AvgIpc) is 3.20. The highest BCUT2D eigenvalue weighted by atomic mass is 35.5. The van der Waals surface area contributed by atoms with Gasteiger partial charge in [0.05, 0.1) is 4.90 Å². The molecule has 3 aromatic rings. The first kappa shape index (κ1) is 18.9. The van der Waals surface area contributed by atoms with Crippen molar-refractivity contribution >= 4 is 44.0 Å². The Balaban J connectivity index is 1.60. The van der Waals surface area contributed by atoms with E-state index in [0.717, 1.165) is 10.8 Å². The number of benzene rings is 3. The molecule has 0 bridgehead atoms. The first-order chi connectivity index (χ1) is 13.4. The molecule has 3 aromatic carbocycles. The molecule has 7 heteroatoms. The van der Waals surface area contributed by atoms with Gasteiger partial charge in [0.15, 0.2) is 0 Å². The Bertz CT molecular complexity index is 1130. The van der Waals surface area contributed by atoms with Crippen LogP contribution in [-0.4, -0.2) is 31.2 Å². The van der Waals surface area contributed by atoms with Crippen molar-refractivity contribution in [3.8, 4) is 0 Å². The van der Waals surface area contributed by atoms with Crippen molar-refractivity contribution in [1.82, 2.24) is 4.31 Å². The molecule has 1 saturated heterocycles. The SMILES string of the molecule is O=C(Nc1ccc(Cl)cc1)[C@@H]1CCCN1S(=O)(=O)c1ccc2ccccc2c1. The van der Waals surface area contributed by atoms with E-state index in [1.54, 1.807) is 42.5 Å². The Morgan fingerprint density at radius 3 is 2.46 bits per heavy atom. The number of sulfonamides is 1. The van der Waals surface area contributed by atoms with Crippen LogP contribution in [0.25, 0.3) is 10.8 Å². The predicted molar refractivity (Wildman–Crippen MR) is 111 cm³/mol. The number of carbonyl (C=O) groups excluding carboxylic acids is 1. The van der Waals surface area contributed by atoms with Gasteiger partial charge in [-0.2, -0.15) is 4.31 Å². The van der Waals surface area contributed by atoms with Gasteiger partial charge in [-0.25, -0.2) is 8.42 Å². The summed E-state index contributed by atoms with van der Waals surface area (Å²) in [6.07, 6.45) is 1.14. The lowest BCUT2D eigenvalue weighted by Gasteiger charge is -2.23. The standard InChI is InChI=1S/C21H19ClN2O3S/c22-17-8-10-18(11-9-17)23-21(25)20-6-3-13-24(20)28(26,27)19-12-7-15-4-1-2-5-16(15)14-19/h1-2,4-5,7-12,14,20H,3,6,13H2,(H,23,25)/t20-/m0/s1. The van der Waals surface area contributed by atoms with Gasteiger partial charge in [0.1, 0.15) is 6.04 Å². The molecule has 1 heterocycles. The molecule has 0 radical (unpaired) electrons. The molecule has 0 unspecified atom stereocenters. The van der Waals surface area contributed by atoms with Crippen LogP contribution in [0.2, 0.25) is 5.02 Å². The van der Waals surface area contributed by atoms with E-state index in [4.69, 9.17) is 11.6 Å². The summed E-state index contributed by atoms with van der Waals surface area (Å²) < 4.78 is 27.7. The number of nitrogens with zero attached hydrogens (tertiary/aromatic N) is 1. The highest BCUT2D eigenvalue weighted by Crippen LogP contribution is 2.29. The van der Waals surface area contributed by atoms with Crippen LogP contribution in [-0.2, 0) is 14.8 Å². The lowest BCUT2D eigenvalue weighted by atomic mass is 10.1. The maximum atomic E-state index is 13.2. The topological polar surface area (TPSA) is 66.5 Å². The van der Waals surface area contributed by atoms with Crippen molar-refractivity contribution in [1.29, 1.82) is 0 Å². The summed E-state index contributed by atoms with van der Waals surface area (Å²) in [5, 5.41) is 5.18. The van der Waals surface area contributed by atoms with Gasteiger partial charge in [0, 0.05) is 17.3 Å². The molecule has 1 N–H and O–H groups in total. The van der Waals surface area contributed by atoms with Gasteiger partial charge in [0.25, 0.3) is 0 Å². The molecule has 0 spiro atoms. The van der Waals surface area contributed by atoms with Gasteiger partial charge in [-0.1, -0.05) is 41.9 Å². The normalized spacial score (nSPS) is 17.7. The molecule has 1 aliphatic rings.